The van der Waals surface area contributed by atoms with Crippen LogP contribution < -0.4 is 4.74 Å². The van der Waals surface area contributed by atoms with Crippen LogP contribution in [0.4, 0.5) is 0 Å². The molecule has 3 aromatic rings. The number of hydrogen-bond acceptors (Lipinski definition) is 4. The van der Waals surface area contributed by atoms with E-state index in [-0.39, 0.29) is 5.60 Å². The maximum absolute atomic E-state index is 6.72. The fourth-order valence-electron chi connectivity index (χ4n) is 4.82. The van der Waals surface area contributed by atoms with Gasteiger partial charge in [-0.05, 0) is 39.8 Å². The lowest BCUT2D eigenvalue weighted by Gasteiger charge is -2.44. The molecule has 6 heteroatoms. The smallest absolute Gasteiger partial charge is 0.140 e. The van der Waals surface area contributed by atoms with Crippen LogP contribution in [0, 0.1) is 0 Å². The number of piperidine rings is 1. The first-order chi connectivity index (χ1) is 14.5. The van der Waals surface area contributed by atoms with Gasteiger partial charge in [-0.25, -0.2) is 0 Å². The predicted molar refractivity (Wildman–Crippen MR) is 117 cm³/mol. The van der Waals surface area contributed by atoms with Crippen molar-refractivity contribution >= 4 is 0 Å². The van der Waals surface area contributed by atoms with Crippen molar-refractivity contribution in [3.8, 4) is 17.0 Å². The lowest BCUT2D eigenvalue weighted by molar-refractivity contribution is -0.00698. The molecule has 0 bridgehead atoms. The summed E-state index contributed by atoms with van der Waals surface area (Å²) in [6, 6.07) is 9.12. The quantitative estimate of drug-likeness (QED) is 0.626. The van der Waals surface area contributed by atoms with Crippen molar-refractivity contribution in [2.45, 2.75) is 64.8 Å². The second kappa shape index (κ2) is 7.27. The Labute approximate surface area is 178 Å². The molecular formula is C24H31N5O. The minimum Gasteiger partial charge on any atom is -0.482 e. The third kappa shape index (κ3) is 3.14. The lowest BCUT2D eigenvalue weighted by Crippen LogP contribution is -2.47. The Morgan fingerprint density at radius 2 is 1.77 bits per heavy atom. The summed E-state index contributed by atoms with van der Waals surface area (Å²) < 4.78 is 10.9. The minimum atomic E-state index is -0.282. The number of para-hydroxylation sites is 1. The summed E-state index contributed by atoms with van der Waals surface area (Å²) in [6.07, 6.45) is 8.16. The molecular weight excluding hydrogens is 374 g/mol. The van der Waals surface area contributed by atoms with Crippen LogP contribution in [0.25, 0.3) is 11.3 Å². The Hall–Kier alpha value is -2.60. The number of ether oxygens (including phenoxy) is 1. The van der Waals surface area contributed by atoms with E-state index in [0.29, 0.717) is 12.1 Å². The van der Waals surface area contributed by atoms with E-state index in [1.165, 1.54) is 16.8 Å². The van der Waals surface area contributed by atoms with Crippen LogP contribution in [-0.2, 0) is 12.1 Å². The van der Waals surface area contributed by atoms with Crippen LogP contribution in [0.15, 0.2) is 42.9 Å². The van der Waals surface area contributed by atoms with E-state index in [1.807, 2.05) is 17.1 Å². The third-order valence-electron chi connectivity index (χ3n) is 6.48. The number of benzene rings is 1. The molecule has 2 aliphatic rings. The van der Waals surface area contributed by atoms with Gasteiger partial charge in [-0.2, -0.15) is 10.2 Å². The highest BCUT2D eigenvalue weighted by Crippen LogP contribution is 2.50. The van der Waals surface area contributed by atoms with Crippen LogP contribution >= 0.6 is 0 Å². The molecule has 1 saturated heterocycles. The highest BCUT2D eigenvalue weighted by atomic mass is 16.5. The van der Waals surface area contributed by atoms with E-state index in [0.717, 1.165) is 43.8 Å². The van der Waals surface area contributed by atoms with Crippen molar-refractivity contribution in [3.05, 3.63) is 54.0 Å². The summed E-state index contributed by atoms with van der Waals surface area (Å²) in [5.41, 5.74) is 4.64. The van der Waals surface area contributed by atoms with Crippen molar-refractivity contribution in [2.75, 3.05) is 13.1 Å². The van der Waals surface area contributed by atoms with Gasteiger partial charge in [0.2, 0.25) is 0 Å². The zero-order valence-electron chi connectivity index (χ0n) is 18.4. The maximum Gasteiger partial charge on any atom is 0.140 e. The first kappa shape index (κ1) is 19.4. The molecule has 0 N–H and O–H groups in total. The van der Waals surface area contributed by atoms with E-state index < -0.39 is 0 Å². The van der Waals surface area contributed by atoms with E-state index in [2.05, 4.69) is 72.8 Å². The molecule has 2 aromatic heterocycles. The third-order valence-corrected chi connectivity index (χ3v) is 6.48. The van der Waals surface area contributed by atoms with Gasteiger partial charge in [-0.3, -0.25) is 14.3 Å². The molecule has 0 unspecified atom stereocenters. The summed E-state index contributed by atoms with van der Waals surface area (Å²) in [5.74, 6) is 0.985. The van der Waals surface area contributed by atoms with Gasteiger partial charge >= 0.3 is 0 Å². The summed E-state index contributed by atoms with van der Waals surface area (Å²) in [4.78, 5) is 2.52. The van der Waals surface area contributed by atoms with Crippen molar-refractivity contribution < 1.29 is 4.74 Å². The highest BCUT2D eigenvalue weighted by Gasteiger charge is 2.45. The SMILES string of the molecule is CC(C)n1cc(CN2CCC3(CC2)Oc2ccccc2-c2c3cnn2C(C)C)cn1. The van der Waals surface area contributed by atoms with E-state index in [4.69, 9.17) is 9.84 Å². The van der Waals surface area contributed by atoms with E-state index in [1.54, 1.807) is 0 Å². The Kier molecular flexibility index (Phi) is 4.69. The Balaban J connectivity index is 1.40. The second-order valence-electron chi connectivity index (χ2n) is 9.24. The van der Waals surface area contributed by atoms with Crippen molar-refractivity contribution in [3.63, 3.8) is 0 Å². The van der Waals surface area contributed by atoms with Crippen LogP contribution in [0.5, 0.6) is 5.75 Å². The molecule has 6 nitrogen and oxygen atoms in total. The normalized spacial score (nSPS) is 17.9. The number of hydrogen-bond donors (Lipinski definition) is 0. The van der Waals surface area contributed by atoms with Crippen molar-refractivity contribution in [2.24, 2.45) is 0 Å². The van der Waals surface area contributed by atoms with Crippen LogP contribution in [0.2, 0.25) is 0 Å². The fraction of sp³-hybridized carbons (Fsp3) is 0.500. The molecule has 30 heavy (non-hydrogen) atoms. The number of nitrogens with zero attached hydrogens (tertiary/aromatic N) is 5. The molecule has 158 valence electrons. The zero-order chi connectivity index (χ0) is 20.9. The second-order valence-corrected chi connectivity index (χ2v) is 9.24. The molecule has 0 radical (unpaired) electrons. The van der Waals surface area contributed by atoms with E-state index >= 15 is 0 Å². The van der Waals surface area contributed by atoms with Crippen LogP contribution in [-0.4, -0.2) is 37.6 Å². The minimum absolute atomic E-state index is 0.282. The predicted octanol–water partition coefficient (Wildman–Crippen LogP) is 4.79. The molecule has 1 spiro atoms. The van der Waals surface area contributed by atoms with Crippen molar-refractivity contribution in [1.29, 1.82) is 0 Å². The van der Waals surface area contributed by atoms with E-state index in [9.17, 15) is 0 Å². The number of aromatic nitrogens is 4. The van der Waals surface area contributed by atoms with Gasteiger partial charge in [-0.15, -0.1) is 0 Å². The molecule has 4 heterocycles. The van der Waals surface area contributed by atoms with Gasteiger partial charge in [0.05, 0.1) is 18.1 Å². The topological polar surface area (TPSA) is 48.1 Å². The maximum atomic E-state index is 6.72. The molecule has 1 fully saturated rings. The molecule has 0 atom stereocenters. The first-order valence-electron chi connectivity index (χ1n) is 11.1. The zero-order valence-corrected chi connectivity index (χ0v) is 18.4. The average molecular weight is 406 g/mol. The molecule has 0 amide bonds. The lowest BCUT2D eigenvalue weighted by atomic mass is 9.81. The summed E-state index contributed by atoms with van der Waals surface area (Å²) in [6.45, 7) is 11.7. The van der Waals surface area contributed by atoms with Gasteiger partial charge in [-0.1, -0.05) is 12.1 Å². The molecule has 0 aliphatic carbocycles. The summed E-state index contributed by atoms with van der Waals surface area (Å²) >= 11 is 0. The van der Waals surface area contributed by atoms with Crippen LogP contribution in [0.3, 0.4) is 0 Å². The number of fused-ring (bicyclic) bond motifs is 4. The molecule has 5 rings (SSSR count). The Morgan fingerprint density at radius 3 is 2.47 bits per heavy atom. The molecule has 1 aromatic carbocycles. The first-order valence-corrected chi connectivity index (χ1v) is 11.1. The molecule has 0 saturated carbocycles. The summed E-state index contributed by atoms with van der Waals surface area (Å²) in [7, 11) is 0. The van der Waals surface area contributed by atoms with Crippen LogP contribution in [0.1, 0.15) is 63.7 Å². The fourth-order valence-corrected chi connectivity index (χ4v) is 4.82. The monoisotopic (exact) mass is 405 g/mol. The van der Waals surface area contributed by atoms with Gasteiger partial charge < -0.3 is 4.74 Å². The Bertz CT molecular complexity index is 1040. The van der Waals surface area contributed by atoms with Gasteiger partial charge in [0.25, 0.3) is 0 Å². The van der Waals surface area contributed by atoms with Gasteiger partial charge in [0, 0.05) is 67.4 Å². The number of likely N-dealkylation sites (tertiary alicyclic amines) is 1. The average Bonchev–Trinajstić information content (AvgIpc) is 3.38. The van der Waals surface area contributed by atoms with Gasteiger partial charge in [0.1, 0.15) is 11.4 Å². The number of rotatable bonds is 4. The van der Waals surface area contributed by atoms with Crippen molar-refractivity contribution in [1.82, 2.24) is 24.5 Å². The largest absolute Gasteiger partial charge is 0.482 e. The Morgan fingerprint density at radius 1 is 1.00 bits per heavy atom. The summed E-state index contributed by atoms with van der Waals surface area (Å²) in [5, 5.41) is 9.26. The highest BCUT2D eigenvalue weighted by molar-refractivity contribution is 5.73. The van der Waals surface area contributed by atoms with Gasteiger partial charge in [0.15, 0.2) is 0 Å². The standard InChI is InChI=1S/C24H31N5O/c1-17(2)28-16-19(13-25-28)15-27-11-9-24(10-12-27)21-14-26-29(18(3)4)23(21)20-7-5-6-8-22(20)30-24/h5-8,13-14,16-18H,9-12,15H2,1-4H3. The molecule has 2 aliphatic heterocycles.